The van der Waals surface area contributed by atoms with Gasteiger partial charge in [-0.25, -0.2) is 0 Å². The molecule has 1 fully saturated rings. The van der Waals surface area contributed by atoms with Gasteiger partial charge in [0.05, 0.1) is 12.8 Å². The third kappa shape index (κ3) is 4.62. The molecule has 5 heteroatoms. The number of nitrogens with zero attached hydrogens (tertiary/aromatic N) is 1. The summed E-state index contributed by atoms with van der Waals surface area (Å²) < 4.78 is 5.19. The van der Waals surface area contributed by atoms with Crippen molar-refractivity contribution in [1.82, 2.24) is 10.2 Å². The lowest BCUT2D eigenvalue weighted by Gasteiger charge is -2.31. The Bertz CT molecular complexity index is 448. The minimum atomic E-state index is 0.00943. The molecule has 0 radical (unpaired) electrons. The molecule has 0 saturated carbocycles. The van der Waals surface area contributed by atoms with Gasteiger partial charge in [-0.1, -0.05) is 13.3 Å². The lowest BCUT2D eigenvalue weighted by Crippen LogP contribution is -2.42. The molecule has 2 heterocycles. The van der Waals surface area contributed by atoms with E-state index in [1.165, 1.54) is 0 Å². The van der Waals surface area contributed by atoms with Crippen molar-refractivity contribution < 1.29 is 14.0 Å². The van der Waals surface area contributed by atoms with Gasteiger partial charge in [-0.3, -0.25) is 9.59 Å². The summed E-state index contributed by atoms with van der Waals surface area (Å²) in [6, 6.07) is 3.65. The molecular formula is C16H24N2O3. The zero-order valence-electron chi connectivity index (χ0n) is 12.6. The first-order chi connectivity index (χ1) is 10.2. The predicted octanol–water partition coefficient (Wildman–Crippen LogP) is 2.32. The Labute approximate surface area is 125 Å². The van der Waals surface area contributed by atoms with Gasteiger partial charge in [0.1, 0.15) is 5.76 Å². The zero-order valence-corrected chi connectivity index (χ0v) is 12.6. The van der Waals surface area contributed by atoms with Crippen molar-refractivity contribution in [3.05, 3.63) is 24.2 Å². The second-order valence-electron chi connectivity index (χ2n) is 5.56. The minimum Gasteiger partial charge on any atom is -0.467 e. The first-order valence-electron chi connectivity index (χ1n) is 7.78. The second kappa shape index (κ2) is 7.86. The Morgan fingerprint density at radius 3 is 2.76 bits per heavy atom. The minimum absolute atomic E-state index is 0.00943. The van der Waals surface area contributed by atoms with Crippen LogP contribution in [-0.2, 0) is 16.1 Å². The summed E-state index contributed by atoms with van der Waals surface area (Å²) >= 11 is 0. The lowest BCUT2D eigenvalue weighted by molar-refractivity contribution is -0.135. The van der Waals surface area contributed by atoms with E-state index >= 15 is 0 Å². The molecule has 1 aromatic heterocycles. The molecule has 5 nitrogen and oxygen atoms in total. The van der Waals surface area contributed by atoms with Crippen LogP contribution in [0.1, 0.15) is 44.8 Å². The van der Waals surface area contributed by atoms with Crippen molar-refractivity contribution in [2.75, 3.05) is 13.1 Å². The molecular weight excluding hydrogens is 268 g/mol. The van der Waals surface area contributed by atoms with Crippen molar-refractivity contribution >= 4 is 11.8 Å². The predicted molar refractivity (Wildman–Crippen MR) is 79.4 cm³/mol. The van der Waals surface area contributed by atoms with E-state index in [1.54, 1.807) is 6.26 Å². The summed E-state index contributed by atoms with van der Waals surface area (Å²) in [5, 5.41) is 2.90. The van der Waals surface area contributed by atoms with Crippen molar-refractivity contribution in [2.45, 2.75) is 45.6 Å². The maximum atomic E-state index is 12.1. The van der Waals surface area contributed by atoms with Crippen LogP contribution in [0.4, 0.5) is 0 Å². The summed E-state index contributed by atoms with van der Waals surface area (Å²) in [6.45, 7) is 3.91. The second-order valence-corrected chi connectivity index (χ2v) is 5.56. The van der Waals surface area contributed by atoms with Crippen LogP contribution >= 0.6 is 0 Å². The summed E-state index contributed by atoms with van der Waals surface area (Å²) in [6.07, 6.45) is 5.72. The third-order valence-corrected chi connectivity index (χ3v) is 3.98. The average molecular weight is 292 g/mol. The van der Waals surface area contributed by atoms with Crippen LogP contribution in [0.25, 0.3) is 0 Å². The largest absolute Gasteiger partial charge is 0.467 e. The molecule has 1 aliphatic rings. The molecule has 1 saturated heterocycles. The van der Waals surface area contributed by atoms with Gasteiger partial charge >= 0.3 is 0 Å². The average Bonchev–Trinajstić information content (AvgIpc) is 3.04. The Morgan fingerprint density at radius 2 is 2.14 bits per heavy atom. The number of carbonyl (C=O) groups is 2. The number of likely N-dealkylation sites (tertiary alicyclic amines) is 1. The van der Waals surface area contributed by atoms with Gasteiger partial charge in [0.2, 0.25) is 11.8 Å². The monoisotopic (exact) mass is 292 g/mol. The molecule has 1 N–H and O–H groups in total. The third-order valence-electron chi connectivity index (χ3n) is 3.98. The van der Waals surface area contributed by atoms with Crippen LogP contribution in [-0.4, -0.2) is 29.8 Å². The summed E-state index contributed by atoms with van der Waals surface area (Å²) in [4.78, 5) is 25.9. The quantitative estimate of drug-likeness (QED) is 0.875. The van der Waals surface area contributed by atoms with E-state index in [1.807, 2.05) is 17.0 Å². The molecule has 21 heavy (non-hydrogen) atoms. The summed E-state index contributed by atoms with van der Waals surface area (Å²) in [5.74, 6) is 1.06. The number of hydrogen-bond donors (Lipinski definition) is 1. The maximum absolute atomic E-state index is 12.1. The van der Waals surface area contributed by atoms with Gasteiger partial charge in [-0.05, 0) is 31.4 Å². The van der Waals surface area contributed by atoms with E-state index in [0.717, 1.165) is 31.4 Å². The fourth-order valence-corrected chi connectivity index (χ4v) is 2.61. The van der Waals surface area contributed by atoms with Crippen molar-refractivity contribution in [3.63, 3.8) is 0 Å². The number of furan rings is 1. The fourth-order valence-electron chi connectivity index (χ4n) is 2.61. The van der Waals surface area contributed by atoms with Crippen LogP contribution in [0.5, 0.6) is 0 Å². The number of amides is 2. The number of piperidine rings is 1. The van der Waals surface area contributed by atoms with E-state index < -0.39 is 0 Å². The van der Waals surface area contributed by atoms with Crippen LogP contribution in [0, 0.1) is 5.92 Å². The highest BCUT2D eigenvalue weighted by Crippen LogP contribution is 2.18. The standard InChI is InChI=1S/C16H24N2O3/c1-2-3-6-15(19)18-9-7-13(8-10-18)16(20)17-12-14-5-4-11-21-14/h4-5,11,13H,2-3,6-10,12H2,1H3,(H,17,20). The van der Waals surface area contributed by atoms with Gasteiger partial charge in [0.15, 0.2) is 0 Å². The number of rotatable bonds is 6. The van der Waals surface area contributed by atoms with Gasteiger partial charge in [0.25, 0.3) is 0 Å². The van der Waals surface area contributed by atoms with Crippen LogP contribution in [0.15, 0.2) is 22.8 Å². The molecule has 116 valence electrons. The number of hydrogen-bond acceptors (Lipinski definition) is 3. The van der Waals surface area contributed by atoms with Crippen LogP contribution < -0.4 is 5.32 Å². The topological polar surface area (TPSA) is 62.6 Å². The van der Waals surface area contributed by atoms with Gasteiger partial charge < -0.3 is 14.6 Å². The molecule has 2 amide bonds. The van der Waals surface area contributed by atoms with Crippen LogP contribution in [0.2, 0.25) is 0 Å². The molecule has 0 aliphatic carbocycles. The Morgan fingerprint density at radius 1 is 1.38 bits per heavy atom. The molecule has 0 spiro atoms. The van der Waals surface area contributed by atoms with Gasteiger partial charge in [-0.2, -0.15) is 0 Å². The molecule has 0 unspecified atom stereocenters. The Hall–Kier alpha value is -1.78. The molecule has 1 aliphatic heterocycles. The van der Waals surface area contributed by atoms with E-state index in [9.17, 15) is 9.59 Å². The molecule has 0 bridgehead atoms. The van der Waals surface area contributed by atoms with E-state index in [4.69, 9.17) is 4.42 Å². The maximum Gasteiger partial charge on any atom is 0.223 e. The fraction of sp³-hybridized carbons (Fsp3) is 0.625. The van der Waals surface area contributed by atoms with E-state index in [2.05, 4.69) is 12.2 Å². The first-order valence-corrected chi connectivity index (χ1v) is 7.78. The van der Waals surface area contributed by atoms with Crippen molar-refractivity contribution in [1.29, 1.82) is 0 Å². The number of unbranched alkanes of at least 4 members (excludes halogenated alkanes) is 1. The molecule has 0 aromatic carbocycles. The molecule has 2 rings (SSSR count). The smallest absolute Gasteiger partial charge is 0.223 e. The first kappa shape index (κ1) is 15.6. The lowest BCUT2D eigenvalue weighted by atomic mass is 9.95. The highest BCUT2D eigenvalue weighted by molar-refractivity contribution is 5.80. The number of nitrogens with one attached hydrogen (secondary N) is 1. The highest BCUT2D eigenvalue weighted by Gasteiger charge is 2.26. The Kier molecular flexibility index (Phi) is 5.84. The highest BCUT2D eigenvalue weighted by atomic mass is 16.3. The molecule has 0 atom stereocenters. The number of carbonyl (C=O) groups excluding carboxylic acids is 2. The van der Waals surface area contributed by atoms with Gasteiger partial charge in [-0.15, -0.1) is 0 Å². The SMILES string of the molecule is CCCCC(=O)N1CCC(C(=O)NCc2ccco2)CC1. The van der Waals surface area contributed by atoms with E-state index in [-0.39, 0.29) is 17.7 Å². The summed E-state index contributed by atoms with van der Waals surface area (Å²) in [5.41, 5.74) is 0. The molecule has 1 aromatic rings. The van der Waals surface area contributed by atoms with Crippen molar-refractivity contribution in [2.24, 2.45) is 5.92 Å². The van der Waals surface area contributed by atoms with Crippen LogP contribution in [0.3, 0.4) is 0 Å². The summed E-state index contributed by atoms with van der Waals surface area (Å²) in [7, 11) is 0. The zero-order chi connectivity index (χ0) is 15.1. The normalized spacial score (nSPS) is 16.0. The van der Waals surface area contributed by atoms with E-state index in [0.29, 0.717) is 26.1 Å². The van der Waals surface area contributed by atoms with Crippen molar-refractivity contribution in [3.8, 4) is 0 Å². The Balaban J connectivity index is 1.70. The van der Waals surface area contributed by atoms with Gasteiger partial charge in [0, 0.05) is 25.4 Å².